The van der Waals surface area contributed by atoms with Crippen LogP contribution < -0.4 is 4.90 Å². The molecule has 0 saturated carbocycles. The first kappa shape index (κ1) is 18.8. The number of carbonyl (C=O) groups excluding carboxylic acids is 3. The molecule has 1 saturated heterocycles. The van der Waals surface area contributed by atoms with Crippen molar-refractivity contribution in [2.75, 3.05) is 37.7 Å². The summed E-state index contributed by atoms with van der Waals surface area (Å²) in [5.41, 5.74) is 2.63. The highest BCUT2D eigenvalue weighted by molar-refractivity contribution is 6.16. The van der Waals surface area contributed by atoms with E-state index in [0.717, 1.165) is 5.56 Å². The van der Waals surface area contributed by atoms with Crippen molar-refractivity contribution in [2.45, 2.75) is 19.0 Å². The average molecular weight is 405 g/mol. The van der Waals surface area contributed by atoms with Crippen molar-refractivity contribution in [1.82, 2.24) is 9.80 Å². The van der Waals surface area contributed by atoms with Gasteiger partial charge in [0.05, 0.1) is 24.5 Å². The van der Waals surface area contributed by atoms with Crippen LogP contribution >= 0.6 is 0 Å². The predicted molar refractivity (Wildman–Crippen MR) is 110 cm³/mol. The molecular weight excluding hydrogens is 382 g/mol. The number of hydrogen-bond acceptors (Lipinski definition) is 4. The summed E-state index contributed by atoms with van der Waals surface area (Å²) < 4.78 is 5.30. The van der Waals surface area contributed by atoms with Gasteiger partial charge in [0, 0.05) is 37.2 Å². The van der Waals surface area contributed by atoms with Gasteiger partial charge in [-0.2, -0.15) is 0 Å². The van der Waals surface area contributed by atoms with E-state index in [0.29, 0.717) is 62.5 Å². The van der Waals surface area contributed by atoms with Gasteiger partial charge in [-0.1, -0.05) is 30.3 Å². The maximum Gasteiger partial charge on any atom is 0.260 e. The van der Waals surface area contributed by atoms with Crippen molar-refractivity contribution < 1.29 is 19.1 Å². The van der Waals surface area contributed by atoms with Gasteiger partial charge >= 0.3 is 0 Å². The number of benzene rings is 2. The molecule has 154 valence electrons. The Kier molecular flexibility index (Phi) is 4.75. The molecular formula is C23H23N3O4. The van der Waals surface area contributed by atoms with E-state index in [9.17, 15) is 14.4 Å². The number of amides is 3. The lowest BCUT2D eigenvalue weighted by Gasteiger charge is -2.41. The molecule has 1 atom stereocenters. The number of rotatable bonds is 4. The minimum atomic E-state index is -0.463. The van der Waals surface area contributed by atoms with E-state index in [4.69, 9.17) is 4.74 Å². The van der Waals surface area contributed by atoms with Crippen LogP contribution in [0.25, 0.3) is 0 Å². The third kappa shape index (κ3) is 2.97. The molecule has 3 heterocycles. The molecule has 30 heavy (non-hydrogen) atoms. The van der Waals surface area contributed by atoms with Crippen LogP contribution in [-0.4, -0.2) is 60.4 Å². The molecule has 0 unspecified atom stereocenters. The van der Waals surface area contributed by atoms with Gasteiger partial charge < -0.3 is 14.5 Å². The molecule has 0 bridgehead atoms. The van der Waals surface area contributed by atoms with Crippen LogP contribution in [-0.2, 0) is 9.53 Å². The summed E-state index contributed by atoms with van der Waals surface area (Å²) in [5.74, 6) is -0.108. The molecule has 1 fully saturated rings. The van der Waals surface area contributed by atoms with Gasteiger partial charge in [0.25, 0.3) is 11.8 Å². The Morgan fingerprint density at radius 3 is 2.43 bits per heavy atom. The van der Waals surface area contributed by atoms with E-state index in [1.807, 2.05) is 47.4 Å². The van der Waals surface area contributed by atoms with Crippen LogP contribution in [0.15, 0.2) is 48.5 Å². The number of nitrogens with zero attached hydrogens (tertiary/aromatic N) is 3. The van der Waals surface area contributed by atoms with Crippen LogP contribution in [0.2, 0.25) is 0 Å². The summed E-state index contributed by atoms with van der Waals surface area (Å²) in [5, 5.41) is 0. The molecule has 3 aliphatic heterocycles. The Labute approximate surface area is 174 Å². The monoisotopic (exact) mass is 405 g/mol. The van der Waals surface area contributed by atoms with Gasteiger partial charge in [-0.25, -0.2) is 0 Å². The molecule has 7 nitrogen and oxygen atoms in total. The first-order valence-electron chi connectivity index (χ1n) is 10.3. The molecule has 7 heteroatoms. The van der Waals surface area contributed by atoms with Gasteiger partial charge in [-0.15, -0.1) is 0 Å². The minimum absolute atomic E-state index is 0.0860. The SMILES string of the molecule is O=C(CCCN1C(=O)c2ccccc2N2C(=O)c3ccccc3[C@H]12)N1CCOCC1. The summed E-state index contributed by atoms with van der Waals surface area (Å²) >= 11 is 0. The Morgan fingerprint density at radius 2 is 1.63 bits per heavy atom. The minimum Gasteiger partial charge on any atom is -0.378 e. The number of hydrogen-bond donors (Lipinski definition) is 0. The predicted octanol–water partition coefficient (Wildman–Crippen LogP) is 2.44. The van der Waals surface area contributed by atoms with Crippen LogP contribution in [0, 0.1) is 0 Å². The van der Waals surface area contributed by atoms with Crippen molar-refractivity contribution in [2.24, 2.45) is 0 Å². The topological polar surface area (TPSA) is 70.2 Å². The lowest BCUT2D eigenvalue weighted by Crippen LogP contribution is -2.48. The fourth-order valence-electron chi connectivity index (χ4n) is 4.57. The van der Waals surface area contributed by atoms with E-state index in [1.54, 1.807) is 15.9 Å². The normalized spacial score (nSPS) is 20.1. The van der Waals surface area contributed by atoms with E-state index in [1.165, 1.54) is 0 Å². The molecule has 0 aliphatic carbocycles. The van der Waals surface area contributed by atoms with Gasteiger partial charge in [-0.05, 0) is 24.6 Å². The number of ether oxygens (including phenoxy) is 1. The van der Waals surface area contributed by atoms with E-state index in [2.05, 4.69) is 0 Å². The molecule has 0 radical (unpaired) electrons. The van der Waals surface area contributed by atoms with Gasteiger partial charge in [0.2, 0.25) is 5.91 Å². The molecule has 0 aromatic heterocycles. The van der Waals surface area contributed by atoms with E-state index in [-0.39, 0.29) is 17.7 Å². The molecule has 3 aliphatic rings. The molecule has 5 rings (SSSR count). The van der Waals surface area contributed by atoms with Gasteiger partial charge in [0.1, 0.15) is 6.17 Å². The average Bonchev–Trinajstić information content (AvgIpc) is 3.09. The van der Waals surface area contributed by atoms with E-state index >= 15 is 0 Å². The largest absolute Gasteiger partial charge is 0.378 e. The van der Waals surface area contributed by atoms with Gasteiger partial charge in [-0.3, -0.25) is 19.3 Å². The van der Waals surface area contributed by atoms with Crippen molar-refractivity contribution >= 4 is 23.4 Å². The second kappa shape index (κ2) is 7.57. The smallest absolute Gasteiger partial charge is 0.260 e. The number of morpholine rings is 1. The first-order valence-corrected chi connectivity index (χ1v) is 10.3. The highest BCUT2D eigenvalue weighted by Crippen LogP contribution is 2.45. The molecule has 2 aromatic carbocycles. The summed E-state index contributed by atoms with van der Waals surface area (Å²) in [6, 6.07) is 14.7. The maximum absolute atomic E-state index is 13.3. The zero-order valence-electron chi connectivity index (χ0n) is 16.6. The summed E-state index contributed by atoms with van der Waals surface area (Å²) in [7, 11) is 0. The Balaban J connectivity index is 1.41. The quantitative estimate of drug-likeness (QED) is 0.784. The van der Waals surface area contributed by atoms with Crippen molar-refractivity contribution in [3.05, 3.63) is 65.2 Å². The fraction of sp³-hybridized carbons (Fsp3) is 0.348. The van der Waals surface area contributed by atoms with Crippen LogP contribution in [0.5, 0.6) is 0 Å². The Morgan fingerprint density at radius 1 is 0.933 bits per heavy atom. The van der Waals surface area contributed by atoms with Crippen molar-refractivity contribution in [3.8, 4) is 0 Å². The first-order chi connectivity index (χ1) is 14.7. The summed E-state index contributed by atoms with van der Waals surface area (Å²) in [6.45, 7) is 2.79. The third-order valence-electron chi connectivity index (χ3n) is 6.04. The molecule has 0 spiro atoms. The summed E-state index contributed by atoms with van der Waals surface area (Å²) in [6.07, 6.45) is 0.452. The van der Waals surface area contributed by atoms with E-state index < -0.39 is 6.17 Å². The number of carbonyl (C=O) groups is 3. The highest BCUT2D eigenvalue weighted by Gasteiger charge is 2.47. The second-order valence-corrected chi connectivity index (χ2v) is 7.75. The van der Waals surface area contributed by atoms with Crippen molar-refractivity contribution in [3.63, 3.8) is 0 Å². The standard InChI is InChI=1S/C23H23N3O4/c27-20(24-12-14-30-15-13-24)10-5-11-25-21-16-6-1-2-7-17(16)23(29)26(21)19-9-4-3-8-18(19)22(25)28/h1-4,6-9,21H,5,10-15H2/t21-/m1/s1. The van der Waals surface area contributed by atoms with Crippen LogP contribution in [0.1, 0.15) is 45.3 Å². The van der Waals surface area contributed by atoms with Gasteiger partial charge in [0.15, 0.2) is 0 Å². The number of para-hydroxylation sites is 1. The fourth-order valence-corrected chi connectivity index (χ4v) is 4.57. The third-order valence-corrected chi connectivity index (χ3v) is 6.04. The Bertz CT molecular complexity index is 1020. The maximum atomic E-state index is 13.3. The van der Waals surface area contributed by atoms with Crippen molar-refractivity contribution in [1.29, 1.82) is 0 Å². The second-order valence-electron chi connectivity index (χ2n) is 7.75. The highest BCUT2D eigenvalue weighted by atomic mass is 16.5. The molecule has 3 amide bonds. The summed E-state index contributed by atoms with van der Waals surface area (Å²) in [4.78, 5) is 44.2. The zero-order chi connectivity index (χ0) is 20.7. The zero-order valence-corrected chi connectivity index (χ0v) is 16.6. The molecule has 2 aromatic rings. The van der Waals surface area contributed by atoms with Crippen LogP contribution in [0.4, 0.5) is 5.69 Å². The number of fused-ring (bicyclic) bond motifs is 5. The lowest BCUT2D eigenvalue weighted by molar-refractivity contribution is -0.135. The lowest BCUT2D eigenvalue weighted by atomic mass is 10.0. The van der Waals surface area contributed by atoms with Crippen LogP contribution in [0.3, 0.4) is 0 Å². The number of anilines is 1. The molecule has 0 N–H and O–H groups in total. The Hall–Kier alpha value is -3.19.